The maximum atomic E-state index is 7.25. The second kappa shape index (κ2) is 9.22. The molecule has 0 aliphatic heterocycles. The van der Waals surface area contributed by atoms with Crippen LogP contribution in [0.25, 0.3) is 0 Å². The number of rotatable bonds is 0. The molecule has 61 valence electrons. The first kappa shape index (κ1) is 12.9. The molecule has 1 radical (unpaired) electrons. The molecule has 0 bridgehead atoms. The zero-order chi connectivity index (χ0) is 7.82. The average molecular weight is 198 g/mol. The van der Waals surface area contributed by atoms with Gasteiger partial charge in [0.25, 0.3) is 0 Å². The van der Waals surface area contributed by atoms with E-state index in [1.165, 1.54) is 0 Å². The summed E-state index contributed by atoms with van der Waals surface area (Å²) in [4.78, 5) is 0. The van der Waals surface area contributed by atoms with Crippen molar-refractivity contribution in [3.8, 4) is 5.92 Å². The normalized spacial score (nSPS) is 6.27. The second-order valence-electron chi connectivity index (χ2n) is 1.49. The van der Waals surface area contributed by atoms with Crippen LogP contribution in [0.2, 0.25) is 0 Å². The van der Waals surface area contributed by atoms with Crippen LogP contribution in [0.5, 0.6) is 0 Å². The molecular formula is C8H6CuO2. The first-order valence-corrected chi connectivity index (χ1v) is 2.59. The molecule has 0 spiro atoms. The van der Waals surface area contributed by atoms with E-state index >= 15 is 0 Å². The third kappa shape index (κ3) is 5.65. The second-order valence-corrected chi connectivity index (χ2v) is 1.49. The van der Waals surface area contributed by atoms with Crippen LogP contribution in [0, 0.1) is 12.3 Å². The van der Waals surface area contributed by atoms with Gasteiger partial charge in [0, 0.05) is 0 Å². The van der Waals surface area contributed by atoms with Gasteiger partial charge >= 0.3 is 17.1 Å². The van der Waals surface area contributed by atoms with Crippen molar-refractivity contribution in [2.45, 2.75) is 0 Å². The number of benzene rings is 1. The van der Waals surface area contributed by atoms with Gasteiger partial charge in [-0.3, -0.25) is 5.92 Å². The molecule has 3 heteroatoms. The Kier molecular flexibility index (Phi) is 10.8. The summed E-state index contributed by atoms with van der Waals surface area (Å²) in [6.45, 7) is 0. The maximum Gasteiger partial charge on any atom is 1.00 e. The number of hydrogen-bond donors (Lipinski definition) is 1. The van der Waals surface area contributed by atoms with E-state index in [4.69, 9.17) is 16.9 Å². The van der Waals surface area contributed by atoms with Crippen LogP contribution >= 0.6 is 0 Å². The molecule has 0 aliphatic carbocycles. The predicted octanol–water partition coefficient (Wildman–Crippen LogP) is 1.51. The zero-order valence-corrected chi connectivity index (χ0v) is 6.49. The van der Waals surface area contributed by atoms with Crippen molar-refractivity contribution in [2.24, 2.45) is 0 Å². The first-order chi connectivity index (χ1) is 4.93. The van der Waals surface area contributed by atoms with Gasteiger partial charge in [0.05, 0.1) is 0 Å². The molecule has 2 nitrogen and oxygen atoms in total. The molecule has 0 heterocycles. The topological polar surface area (TPSA) is 40.1 Å². The van der Waals surface area contributed by atoms with E-state index in [2.05, 4.69) is 5.92 Å². The van der Waals surface area contributed by atoms with Gasteiger partial charge in [0.15, 0.2) is 0 Å². The molecule has 0 aromatic heterocycles. The predicted molar refractivity (Wildman–Crippen MR) is 36.0 cm³/mol. The Morgan fingerprint density at radius 3 is 1.91 bits per heavy atom. The molecule has 1 N–H and O–H groups in total. The van der Waals surface area contributed by atoms with Crippen molar-refractivity contribution >= 4 is 0 Å². The summed E-state index contributed by atoms with van der Waals surface area (Å²) in [5.74, 6) is 2.28. The fourth-order valence-electron chi connectivity index (χ4n) is 0.521. The first-order valence-electron chi connectivity index (χ1n) is 2.59. The van der Waals surface area contributed by atoms with Crippen molar-refractivity contribution in [3.63, 3.8) is 0 Å². The Balaban J connectivity index is 0. The Morgan fingerprint density at radius 2 is 1.64 bits per heavy atom. The van der Waals surface area contributed by atoms with Gasteiger partial charge in [-0.1, -0.05) is 18.2 Å². The zero-order valence-electron chi connectivity index (χ0n) is 5.54. The molecule has 1 rings (SSSR count). The third-order valence-corrected chi connectivity index (χ3v) is 0.918. The van der Waals surface area contributed by atoms with Gasteiger partial charge in [-0.2, -0.15) is 0 Å². The van der Waals surface area contributed by atoms with E-state index in [-0.39, 0.29) is 17.1 Å². The molecule has 0 saturated carbocycles. The van der Waals surface area contributed by atoms with Crippen LogP contribution in [-0.2, 0) is 22.3 Å². The van der Waals surface area contributed by atoms with E-state index in [9.17, 15) is 0 Å². The van der Waals surface area contributed by atoms with Crippen LogP contribution in [-0.4, -0.2) is 5.26 Å². The van der Waals surface area contributed by atoms with E-state index in [1.54, 1.807) is 0 Å². The van der Waals surface area contributed by atoms with Crippen molar-refractivity contribution < 1.29 is 27.6 Å². The fourth-order valence-corrected chi connectivity index (χ4v) is 0.521. The summed E-state index contributed by atoms with van der Waals surface area (Å²) in [6, 6.07) is 9.37. The summed E-state index contributed by atoms with van der Waals surface area (Å²) in [5.41, 5.74) is 0.826. The molecule has 0 fully saturated rings. The van der Waals surface area contributed by atoms with E-state index in [0.717, 1.165) is 5.56 Å². The molecule has 1 aromatic rings. The van der Waals surface area contributed by atoms with Crippen LogP contribution < -0.4 is 0 Å². The minimum absolute atomic E-state index is 0. The van der Waals surface area contributed by atoms with Gasteiger partial charge in [0.1, 0.15) is 0 Å². The number of hydrogen-bond acceptors (Lipinski definition) is 1. The maximum absolute atomic E-state index is 7.25. The Morgan fingerprint density at radius 1 is 1.18 bits per heavy atom. The summed E-state index contributed by atoms with van der Waals surface area (Å²) in [5, 5.41) is 13.0. The fraction of sp³-hybridized carbons (Fsp3) is 0. The molecule has 0 unspecified atom stereocenters. The SMILES string of the molecule is [C-]#Cc1ccccc1.[Cu+].[O]O. The van der Waals surface area contributed by atoms with Gasteiger partial charge in [-0.25, -0.2) is 5.26 Å². The summed E-state index contributed by atoms with van der Waals surface area (Å²) in [6.07, 6.45) is 6.69. The molecule has 0 atom stereocenters. The molecule has 1 aromatic carbocycles. The van der Waals surface area contributed by atoms with Crippen LogP contribution in [0.3, 0.4) is 0 Å². The smallest absolute Gasteiger partial charge is 0.366 e. The third-order valence-electron chi connectivity index (χ3n) is 0.918. The van der Waals surface area contributed by atoms with Crippen LogP contribution in [0.15, 0.2) is 30.3 Å². The van der Waals surface area contributed by atoms with E-state index in [1.807, 2.05) is 30.3 Å². The quantitative estimate of drug-likeness (QED) is 0.221. The van der Waals surface area contributed by atoms with Crippen molar-refractivity contribution in [1.82, 2.24) is 0 Å². The van der Waals surface area contributed by atoms with Crippen LogP contribution in [0.4, 0.5) is 0 Å². The average Bonchev–Trinajstić information content (AvgIpc) is 2.10. The Hall–Kier alpha value is -0.781. The minimum Gasteiger partial charge on any atom is -0.366 e. The van der Waals surface area contributed by atoms with Gasteiger partial charge in [-0.05, 0) is 5.26 Å². The van der Waals surface area contributed by atoms with Crippen molar-refractivity contribution in [2.75, 3.05) is 0 Å². The van der Waals surface area contributed by atoms with E-state index < -0.39 is 0 Å². The van der Waals surface area contributed by atoms with Crippen molar-refractivity contribution in [3.05, 3.63) is 42.3 Å². The summed E-state index contributed by atoms with van der Waals surface area (Å²) in [7, 11) is 0. The largest absolute Gasteiger partial charge is 1.00 e. The molecule has 0 amide bonds. The molecular weight excluding hydrogens is 192 g/mol. The van der Waals surface area contributed by atoms with Gasteiger partial charge < -0.3 is 6.42 Å². The monoisotopic (exact) mass is 197 g/mol. The molecule has 0 saturated heterocycles. The Labute approximate surface area is 76.3 Å². The minimum atomic E-state index is 0. The molecule has 11 heavy (non-hydrogen) atoms. The van der Waals surface area contributed by atoms with Crippen LogP contribution in [0.1, 0.15) is 5.56 Å². The van der Waals surface area contributed by atoms with E-state index in [0.29, 0.717) is 0 Å². The Bertz CT molecular complexity index is 203. The van der Waals surface area contributed by atoms with Crippen molar-refractivity contribution in [1.29, 1.82) is 0 Å². The standard InChI is InChI=1S/C8H5.Cu.HO2/c1-2-8-6-4-3-5-7-8;;1-2/h3-7H;;1H/q-1;+1;. The summed E-state index contributed by atoms with van der Waals surface area (Å²) >= 11 is 0. The van der Waals surface area contributed by atoms with Gasteiger partial charge in [0.2, 0.25) is 0 Å². The molecule has 0 aliphatic rings. The van der Waals surface area contributed by atoms with Gasteiger partial charge in [-0.15, -0.1) is 17.7 Å². The summed E-state index contributed by atoms with van der Waals surface area (Å²) < 4.78 is 0.